The maximum Gasteiger partial charge on any atom is 0.242 e. The Morgan fingerprint density at radius 1 is 1.15 bits per heavy atom. The zero-order chi connectivity index (χ0) is 14.1. The molecule has 102 valence electrons. The van der Waals surface area contributed by atoms with Crippen LogP contribution in [0.3, 0.4) is 0 Å². The summed E-state index contributed by atoms with van der Waals surface area (Å²) < 4.78 is 5.84. The fourth-order valence-electron chi connectivity index (χ4n) is 2.20. The summed E-state index contributed by atoms with van der Waals surface area (Å²) in [6.07, 6.45) is 1.92. The maximum absolute atomic E-state index is 11.9. The molecule has 0 bridgehead atoms. The number of nitrogens with one attached hydrogen (secondary N) is 1. The lowest BCUT2D eigenvalue weighted by atomic mass is 10.1. The molecule has 0 fully saturated rings. The van der Waals surface area contributed by atoms with Crippen LogP contribution in [0.15, 0.2) is 42.5 Å². The number of halogens is 1. The van der Waals surface area contributed by atoms with Gasteiger partial charge in [-0.05, 0) is 24.5 Å². The molecule has 2 aromatic carbocycles. The Bertz CT molecular complexity index is 675. The zero-order valence-electron chi connectivity index (χ0n) is 10.7. The van der Waals surface area contributed by atoms with Crippen molar-refractivity contribution >= 4 is 35.0 Å². The number of para-hydroxylation sites is 2. The van der Waals surface area contributed by atoms with Gasteiger partial charge in [-0.1, -0.05) is 35.9 Å². The van der Waals surface area contributed by atoms with E-state index in [1.54, 1.807) is 12.1 Å². The van der Waals surface area contributed by atoms with Crippen molar-refractivity contribution in [1.29, 1.82) is 0 Å². The lowest BCUT2D eigenvalue weighted by Crippen LogP contribution is -2.08. The molecule has 0 saturated heterocycles. The van der Waals surface area contributed by atoms with Gasteiger partial charge in [0.15, 0.2) is 5.75 Å². The van der Waals surface area contributed by atoms with Crippen molar-refractivity contribution in [2.24, 2.45) is 0 Å². The molecule has 1 aliphatic heterocycles. The van der Waals surface area contributed by atoms with E-state index in [1.807, 2.05) is 36.6 Å². The maximum atomic E-state index is 11.9. The van der Waals surface area contributed by atoms with Crippen LogP contribution in [0.2, 0.25) is 5.02 Å². The van der Waals surface area contributed by atoms with Crippen molar-refractivity contribution in [1.82, 2.24) is 0 Å². The second kappa shape index (κ2) is 5.38. The van der Waals surface area contributed by atoms with Crippen LogP contribution in [0.4, 0.5) is 5.69 Å². The third kappa shape index (κ3) is 2.25. The Hall–Kier alpha value is -1.65. The molecular weight excluding hydrogens is 294 g/mol. The van der Waals surface area contributed by atoms with Crippen molar-refractivity contribution in [3.05, 3.63) is 53.1 Å². The molecule has 2 aromatic rings. The van der Waals surface area contributed by atoms with Gasteiger partial charge >= 0.3 is 0 Å². The molecule has 1 atom stereocenters. The molecule has 0 saturated carbocycles. The molecule has 20 heavy (non-hydrogen) atoms. The first kappa shape index (κ1) is 13.3. The molecule has 1 unspecified atom stereocenters. The number of hydrogen-bond acceptors (Lipinski definition) is 3. The number of rotatable bonds is 3. The largest absolute Gasteiger partial charge is 0.454 e. The van der Waals surface area contributed by atoms with Gasteiger partial charge in [0.1, 0.15) is 11.0 Å². The summed E-state index contributed by atoms with van der Waals surface area (Å²) in [5.74, 6) is 1.17. The second-order valence-electron chi connectivity index (χ2n) is 4.36. The quantitative estimate of drug-likeness (QED) is 0.908. The summed E-state index contributed by atoms with van der Waals surface area (Å²) in [5, 5.41) is 3.24. The standard InChI is InChI=1S/C15H12ClNO2S/c1-20-14-9-5-4-8-12(13(9)17-15(14)18)19-11-7-3-2-6-10(11)16/h2-8,14H,1H3,(H,17,18). The summed E-state index contributed by atoms with van der Waals surface area (Å²) >= 11 is 7.60. The molecule has 0 radical (unpaired) electrons. The highest BCUT2D eigenvalue weighted by molar-refractivity contribution is 7.99. The third-order valence-electron chi connectivity index (χ3n) is 3.12. The van der Waals surface area contributed by atoms with E-state index in [0.29, 0.717) is 16.5 Å². The van der Waals surface area contributed by atoms with Gasteiger partial charge in [0.2, 0.25) is 5.91 Å². The third-order valence-corrected chi connectivity index (χ3v) is 4.37. The molecule has 1 heterocycles. The van der Waals surface area contributed by atoms with Crippen LogP contribution in [0.1, 0.15) is 10.8 Å². The van der Waals surface area contributed by atoms with Crippen LogP contribution in [-0.4, -0.2) is 12.2 Å². The summed E-state index contributed by atoms with van der Waals surface area (Å²) in [7, 11) is 0. The molecule has 3 rings (SSSR count). The Morgan fingerprint density at radius 2 is 1.90 bits per heavy atom. The van der Waals surface area contributed by atoms with E-state index in [2.05, 4.69) is 5.32 Å². The summed E-state index contributed by atoms with van der Waals surface area (Å²) in [5.41, 5.74) is 1.68. The normalized spacial score (nSPS) is 16.7. The zero-order valence-corrected chi connectivity index (χ0v) is 12.3. The smallest absolute Gasteiger partial charge is 0.242 e. The lowest BCUT2D eigenvalue weighted by molar-refractivity contribution is -0.115. The predicted molar refractivity (Wildman–Crippen MR) is 82.9 cm³/mol. The minimum absolute atomic E-state index is 0.0114. The summed E-state index contributed by atoms with van der Waals surface area (Å²) in [6, 6.07) is 12.9. The fourth-order valence-corrected chi connectivity index (χ4v) is 3.09. The predicted octanol–water partition coefficient (Wildman–Crippen LogP) is 4.49. The second-order valence-corrected chi connectivity index (χ2v) is 5.71. The van der Waals surface area contributed by atoms with Crippen molar-refractivity contribution in [2.45, 2.75) is 5.25 Å². The number of anilines is 1. The number of hydrogen-bond donors (Lipinski definition) is 1. The van der Waals surface area contributed by atoms with Crippen LogP contribution in [0.25, 0.3) is 0 Å². The minimum Gasteiger partial charge on any atom is -0.454 e. The Labute approximate surface area is 126 Å². The lowest BCUT2D eigenvalue weighted by Gasteiger charge is -2.11. The highest BCUT2D eigenvalue weighted by Crippen LogP contribution is 2.45. The molecule has 5 heteroatoms. The minimum atomic E-state index is -0.181. The number of fused-ring (bicyclic) bond motifs is 1. The van der Waals surface area contributed by atoms with Crippen LogP contribution in [0, 0.1) is 0 Å². The van der Waals surface area contributed by atoms with Gasteiger partial charge in [0.25, 0.3) is 0 Å². The molecular formula is C15H12ClNO2S. The van der Waals surface area contributed by atoms with E-state index in [4.69, 9.17) is 16.3 Å². The molecule has 1 aliphatic rings. The number of amides is 1. The van der Waals surface area contributed by atoms with Gasteiger partial charge in [-0.15, -0.1) is 11.8 Å². The van der Waals surface area contributed by atoms with Crippen molar-refractivity contribution in [2.75, 3.05) is 11.6 Å². The van der Waals surface area contributed by atoms with E-state index >= 15 is 0 Å². The molecule has 0 aliphatic carbocycles. The first-order valence-electron chi connectivity index (χ1n) is 6.09. The Morgan fingerprint density at radius 3 is 2.65 bits per heavy atom. The number of ether oxygens (including phenoxy) is 1. The van der Waals surface area contributed by atoms with Crippen molar-refractivity contribution in [3.8, 4) is 11.5 Å². The first-order chi connectivity index (χ1) is 9.70. The Kier molecular flexibility index (Phi) is 3.59. The molecule has 0 aromatic heterocycles. The van der Waals surface area contributed by atoms with E-state index in [-0.39, 0.29) is 11.2 Å². The number of carbonyl (C=O) groups excluding carboxylic acids is 1. The van der Waals surface area contributed by atoms with Crippen molar-refractivity contribution in [3.63, 3.8) is 0 Å². The van der Waals surface area contributed by atoms with Gasteiger partial charge in [-0.3, -0.25) is 4.79 Å². The summed E-state index contributed by atoms with van der Waals surface area (Å²) in [4.78, 5) is 11.9. The topological polar surface area (TPSA) is 38.3 Å². The SMILES string of the molecule is CSC1C(=O)Nc2c(Oc3ccccc3Cl)cccc21. The average Bonchev–Trinajstić information content (AvgIpc) is 2.78. The van der Waals surface area contributed by atoms with Gasteiger partial charge < -0.3 is 10.1 Å². The van der Waals surface area contributed by atoms with Gasteiger partial charge in [0, 0.05) is 5.56 Å². The van der Waals surface area contributed by atoms with Gasteiger partial charge in [0.05, 0.1) is 10.7 Å². The van der Waals surface area contributed by atoms with Crippen LogP contribution in [-0.2, 0) is 4.79 Å². The highest BCUT2D eigenvalue weighted by atomic mass is 35.5. The highest BCUT2D eigenvalue weighted by Gasteiger charge is 2.32. The van der Waals surface area contributed by atoms with Crippen LogP contribution >= 0.6 is 23.4 Å². The Balaban J connectivity index is 1.99. The molecule has 0 spiro atoms. The molecule has 1 amide bonds. The molecule has 3 nitrogen and oxygen atoms in total. The van der Waals surface area contributed by atoms with Crippen LogP contribution in [0.5, 0.6) is 11.5 Å². The van der Waals surface area contributed by atoms with E-state index in [0.717, 1.165) is 11.3 Å². The van der Waals surface area contributed by atoms with Crippen LogP contribution < -0.4 is 10.1 Å². The average molecular weight is 306 g/mol. The van der Waals surface area contributed by atoms with Gasteiger partial charge in [-0.25, -0.2) is 0 Å². The van der Waals surface area contributed by atoms with E-state index in [9.17, 15) is 4.79 Å². The molecule has 1 N–H and O–H groups in total. The fraction of sp³-hybridized carbons (Fsp3) is 0.133. The first-order valence-corrected chi connectivity index (χ1v) is 7.76. The van der Waals surface area contributed by atoms with Gasteiger partial charge in [-0.2, -0.15) is 0 Å². The van der Waals surface area contributed by atoms with E-state index in [1.165, 1.54) is 11.8 Å². The number of benzene rings is 2. The van der Waals surface area contributed by atoms with Crippen molar-refractivity contribution < 1.29 is 9.53 Å². The summed E-state index contributed by atoms with van der Waals surface area (Å²) in [6.45, 7) is 0. The number of carbonyl (C=O) groups is 1. The monoisotopic (exact) mass is 305 g/mol. The van der Waals surface area contributed by atoms with E-state index < -0.39 is 0 Å². The number of thioether (sulfide) groups is 1.